The Labute approximate surface area is 172 Å². The first-order chi connectivity index (χ1) is 14.6. The summed E-state index contributed by atoms with van der Waals surface area (Å²) < 4.78 is 33.4. The summed E-state index contributed by atoms with van der Waals surface area (Å²) in [6.45, 7) is 0.750. The average molecular weight is 414 g/mol. The lowest BCUT2D eigenvalue weighted by Gasteiger charge is -2.26. The number of likely N-dealkylation sites (tertiary alicyclic amines) is 1. The van der Waals surface area contributed by atoms with Crippen LogP contribution in [0, 0.1) is 0 Å². The van der Waals surface area contributed by atoms with E-state index in [-0.39, 0.29) is 6.04 Å². The molecule has 158 valence electrons. The van der Waals surface area contributed by atoms with Gasteiger partial charge in [0.15, 0.2) is 0 Å². The van der Waals surface area contributed by atoms with Crippen molar-refractivity contribution >= 4 is 10.9 Å². The van der Waals surface area contributed by atoms with Gasteiger partial charge in [0.2, 0.25) is 0 Å². The molecule has 0 N–H and O–H groups in total. The molecule has 1 fully saturated rings. The van der Waals surface area contributed by atoms with Gasteiger partial charge in [-0.05, 0) is 50.8 Å². The van der Waals surface area contributed by atoms with Crippen LogP contribution < -0.4 is 5.56 Å². The Morgan fingerprint density at radius 1 is 1.17 bits per heavy atom. The fourth-order valence-corrected chi connectivity index (χ4v) is 4.83. The molecular formula is C22H24F2N4O2. The van der Waals surface area contributed by atoms with Crippen molar-refractivity contribution in [2.24, 2.45) is 0 Å². The number of nitrogens with zero attached hydrogens (tertiary/aromatic N) is 4. The van der Waals surface area contributed by atoms with Crippen LogP contribution in [0.1, 0.15) is 54.6 Å². The standard InChI is InChI=1S/C22H24F2N4O2/c23-20(24)13-28-21(25-16-8-3-1-7-15(16)22(28)29)18-9-5-11-27(18)12-17-14-6-2-4-10-19(14)30-26-17/h1,3,7-8,18,20H,2,4-6,9-13H2. The molecular weight excluding hydrogens is 390 g/mol. The van der Waals surface area contributed by atoms with E-state index < -0.39 is 18.5 Å². The highest BCUT2D eigenvalue weighted by Gasteiger charge is 2.33. The van der Waals surface area contributed by atoms with Gasteiger partial charge >= 0.3 is 0 Å². The number of halogens is 2. The van der Waals surface area contributed by atoms with Crippen molar-refractivity contribution in [3.8, 4) is 0 Å². The van der Waals surface area contributed by atoms with Crippen LogP contribution in [0.15, 0.2) is 33.6 Å². The number of benzene rings is 1. The van der Waals surface area contributed by atoms with E-state index in [1.165, 1.54) is 10.1 Å². The van der Waals surface area contributed by atoms with E-state index in [0.717, 1.165) is 56.5 Å². The van der Waals surface area contributed by atoms with Crippen LogP contribution in [0.25, 0.3) is 10.9 Å². The molecule has 1 aliphatic carbocycles. The van der Waals surface area contributed by atoms with Gasteiger partial charge in [-0.15, -0.1) is 0 Å². The molecule has 8 heteroatoms. The smallest absolute Gasteiger partial charge is 0.261 e. The third-order valence-corrected chi connectivity index (χ3v) is 6.26. The van der Waals surface area contributed by atoms with Gasteiger partial charge in [-0.2, -0.15) is 0 Å². The predicted octanol–water partition coefficient (Wildman–Crippen LogP) is 3.87. The maximum Gasteiger partial charge on any atom is 0.261 e. The number of aryl methyl sites for hydroxylation is 1. The van der Waals surface area contributed by atoms with Gasteiger partial charge in [0, 0.05) is 18.5 Å². The highest BCUT2D eigenvalue weighted by Crippen LogP contribution is 2.34. The molecule has 0 amide bonds. The molecule has 1 atom stereocenters. The maximum atomic E-state index is 13.3. The van der Waals surface area contributed by atoms with Crippen molar-refractivity contribution in [3.63, 3.8) is 0 Å². The van der Waals surface area contributed by atoms with Gasteiger partial charge < -0.3 is 4.52 Å². The molecule has 1 aromatic carbocycles. The summed E-state index contributed by atoms with van der Waals surface area (Å²) in [5.41, 5.74) is 2.28. The minimum absolute atomic E-state index is 0.197. The molecule has 30 heavy (non-hydrogen) atoms. The van der Waals surface area contributed by atoms with Crippen molar-refractivity contribution in [1.29, 1.82) is 0 Å². The lowest BCUT2D eigenvalue weighted by molar-refractivity contribution is 0.120. The fraction of sp³-hybridized carbons (Fsp3) is 0.500. The number of hydrogen-bond donors (Lipinski definition) is 0. The maximum absolute atomic E-state index is 13.3. The van der Waals surface area contributed by atoms with E-state index in [4.69, 9.17) is 4.52 Å². The molecule has 1 saturated heterocycles. The van der Waals surface area contributed by atoms with E-state index in [0.29, 0.717) is 23.3 Å². The highest BCUT2D eigenvalue weighted by atomic mass is 19.3. The second kappa shape index (κ2) is 7.91. The van der Waals surface area contributed by atoms with Crippen LogP contribution in [0.3, 0.4) is 0 Å². The predicted molar refractivity (Wildman–Crippen MR) is 108 cm³/mol. The second-order valence-electron chi connectivity index (χ2n) is 8.16. The number of rotatable bonds is 5. The molecule has 6 nitrogen and oxygen atoms in total. The Morgan fingerprint density at radius 2 is 2.00 bits per heavy atom. The summed E-state index contributed by atoms with van der Waals surface area (Å²) in [5, 5.41) is 4.67. The van der Waals surface area contributed by atoms with Crippen LogP contribution in [0.5, 0.6) is 0 Å². The molecule has 5 rings (SSSR count). The zero-order valence-corrected chi connectivity index (χ0v) is 16.7. The van der Waals surface area contributed by atoms with Gasteiger partial charge in [-0.25, -0.2) is 13.8 Å². The lowest BCUT2D eigenvalue weighted by atomic mass is 9.96. The Kier molecular flexibility index (Phi) is 5.10. The van der Waals surface area contributed by atoms with Crippen LogP contribution in [0.2, 0.25) is 0 Å². The largest absolute Gasteiger partial charge is 0.361 e. The summed E-state index contributed by atoms with van der Waals surface area (Å²) in [4.78, 5) is 19.9. The van der Waals surface area contributed by atoms with Crippen LogP contribution in [-0.2, 0) is 25.9 Å². The summed E-state index contributed by atoms with van der Waals surface area (Å²) >= 11 is 0. The SMILES string of the molecule is O=c1c2ccccc2nc(C2CCCN2Cc2noc3c2CCCC3)n1CC(F)F. The monoisotopic (exact) mass is 414 g/mol. The number of para-hydroxylation sites is 1. The van der Waals surface area contributed by atoms with Gasteiger partial charge in [0.05, 0.1) is 23.5 Å². The summed E-state index contributed by atoms with van der Waals surface area (Å²) in [5.74, 6) is 1.40. The van der Waals surface area contributed by atoms with Crippen molar-refractivity contribution in [2.45, 2.75) is 64.1 Å². The van der Waals surface area contributed by atoms with E-state index in [1.807, 2.05) is 6.07 Å². The fourth-order valence-electron chi connectivity index (χ4n) is 4.83. The average Bonchev–Trinajstić information content (AvgIpc) is 3.37. The van der Waals surface area contributed by atoms with Gasteiger partial charge in [-0.3, -0.25) is 14.3 Å². The van der Waals surface area contributed by atoms with Crippen molar-refractivity contribution in [2.75, 3.05) is 6.54 Å². The molecule has 1 aliphatic heterocycles. The van der Waals surface area contributed by atoms with Crippen LogP contribution >= 0.6 is 0 Å². The Bertz CT molecular complexity index is 1120. The van der Waals surface area contributed by atoms with E-state index >= 15 is 0 Å². The van der Waals surface area contributed by atoms with E-state index in [2.05, 4.69) is 15.0 Å². The number of aromatic nitrogens is 3. The first kappa shape index (κ1) is 19.4. The minimum atomic E-state index is -2.62. The normalized spacial score (nSPS) is 19.6. The van der Waals surface area contributed by atoms with Crippen molar-refractivity contribution in [1.82, 2.24) is 19.6 Å². The van der Waals surface area contributed by atoms with E-state index in [9.17, 15) is 13.6 Å². The van der Waals surface area contributed by atoms with Crippen LogP contribution in [-0.4, -0.2) is 32.6 Å². The number of hydrogen-bond acceptors (Lipinski definition) is 5. The highest BCUT2D eigenvalue weighted by molar-refractivity contribution is 5.77. The zero-order chi connectivity index (χ0) is 20.7. The van der Waals surface area contributed by atoms with Crippen molar-refractivity contribution < 1.29 is 13.3 Å². The molecule has 3 heterocycles. The molecule has 0 bridgehead atoms. The summed E-state index contributed by atoms with van der Waals surface area (Å²) in [6, 6.07) is 6.75. The molecule has 1 unspecified atom stereocenters. The molecule has 0 saturated carbocycles. The van der Waals surface area contributed by atoms with Gasteiger partial charge in [-0.1, -0.05) is 17.3 Å². The van der Waals surface area contributed by atoms with Gasteiger partial charge in [0.25, 0.3) is 12.0 Å². The summed E-state index contributed by atoms with van der Waals surface area (Å²) in [6.07, 6.45) is 3.21. The first-order valence-corrected chi connectivity index (χ1v) is 10.6. The van der Waals surface area contributed by atoms with Crippen molar-refractivity contribution in [3.05, 3.63) is 57.5 Å². The molecule has 2 aliphatic rings. The Morgan fingerprint density at radius 3 is 2.87 bits per heavy atom. The molecule has 3 aromatic rings. The molecule has 0 radical (unpaired) electrons. The molecule has 0 spiro atoms. The zero-order valence-electron chi connectivity index (χ0n) is 16.7. The second-order valence-corrected chi connectivity index (χ2v) is 8.16. The first-order valence-electron chi connectivity index (χ1n) is 10.6. The number of alkyl halides is 2. The Hall–Kier alpha value is -2.61. The summed E-state index contributed by atoms with van der Waals surface area (Å²) in [7, 11) is 0. The van der Waals surface area contributed by atoms with Crippen LogP contribution in [0.4, 0.5) is 8.78 Å². The quantitative estimate of drug-likeness (QED) is 0.634. The third-order valence-electron chi connectivity index (χ3n) is 6.26. The minimum Gasteiger partial charge on any atom is -0.361 e. The third kappa shape index (κ3) is 3.43. The lowest BCUT2D eigenvalue weighted by Crippen LogP contribution is -2.33. The Balaban J connectivity index is 1.53. The topological polar surface area (TPSA) is 64.2 Å². The van der Waals surface area contributed by atoms with E-state index in [1.54, 1.807) is 18.2 Å². The van der Waals surface area contributed by atoms with Gasteiger partial charge in [0.1, 0.15) is 17.3 Å². The molecule has 2 aromatic heterocycles. The number of fused-ring (bicyclic) bond motifs is 2.